The first-order chi connectivity index (χ1) is 3.83. The Kier molecular flexibility index (Phi) is 1.51. The van der Waals surface area contributed by atoms with E-state index in [0.717, 1.165) is 0 Å². The van der Waals surface area contributed by atoms with Gasteiger partial charge in [-0.25, -0.2) is 0 Å². The van der Waals surface area contributed by atoms with E-state index < -0.39 is 0 Å². The second kappa shape index (κ2) is 2.01. The SMILES string of the molecule is CCOC1(CN)CO1. The van der Waals surface area contributed by atoms with Crippen molar-refractivity contribution in [2.45, 2.75) is 12.7 Å². The molecule has 0 aliphatic carbocycles. The van der Waals surface area contributed by atoms with Gasteiger partial charge in [0.1, 0.15) is 6.61 Å². The van der Waals surface area contributed by atoms with Gasteiger partial charge in [-0.1, -0.05) is 0 Å². The van der Waals surface area contributed by atoms with Gasteiger partial charge in [0.05, 0.1) is 0 Å². The van der Waals surface area contributed by atoms with Crippen LogP contribution in [0.2, 0.25) is 0 Å². The standard InChI is InChI=1S/C5H11NO2/c1-2-7-5(3-6)4-8-5/h2-4,6H2,1H3. The molecule has 8 heavy (non-hydrogen) atoms. The molecule has 1 atom stereocenters. The number of ether oxygens (including phenoxy) is 2. The molecule has 1 aliphatic rings. The number of hydrogen-bond donors (Lipinski definition) is 1. The molecule has 1 aliphatic heterocycles. The monoisotopic (exact) mass is 117 g/mol. The van der Waals surface area contributed by atoms with Crippen molar-refractivity contribution in [1.82, 2.24) is 0 Å². The molecule has 0 aromatic rings. The lowest BCUT2D eigenvalue weighted by Gasteiger charge is -2.06. The summed E-state index contributed by atoms with van der Waals surface area (Å²) in [5.41, 5.74) is 5.30. The van der Waals surface area contributed by atoms with E-state index >= 15 is 0 Å². The van der Waals surface area contributed by atoms with Crippen LogP contribution in [0.4, 0.5) is 0 Å². The average molecular weight is 117 g/mol. The van der Waals surface area contributed by atoms with Gasteiger partial charge in [-0.15, -0.1) is 0 Å². The average Bonchev–Trinajstić information content (AvgIpc) is 2.50. The van der Waals surface area contributed by atoms with Crippen molar-refractivity contribution in [3.05, 3.63) is 0 Å². The van der Waals surface area contributed by atoms with Crippen LogP contribution in [0.3, 0.4) is 0 Å². The van der Waals surface area contributed by atoms with E-state index in [1.165, 1.54) is 0 Å². The number of rotatable bonds is 3. The van der Waals surface area contributed by atoms with Crippen molar-refractivity contribution in [2.24, 2.45) is 5.73 Å². The fourth-order valence-electron chi connectivity index (χ4n) is 0.604. The van der Waals surface area contributed by atoms with Crippen molar-refractivity contribution in [3.63, 3.8) is 0 Å². The zero-order chi connectivity index (χ0) is 6.04. The molecule has 0 spiro atoms. The van der Waals surface area contributed by atoms with E-state index in [1.807, 2.05) is 6.92 Å². The van der Waals surface area contributed by atoms with Crippen LogP contribution < -0.4 is 5.73 Å². The lowest BCUT2D eigenvalue weighted by Crippen LogP contribution is -2.27. The van der Waals surface area contributed by atoms with E-state index in [9.17, 15) is 0 Å². The molecular weight excluding hydrogens is 106 g/mol. The highest BCUT2D eigenvalue weighted by atomic mass is 16.8. The number of hydrogen-bond acceptors (Lipinski definition) is 3. The first kappa shape index (κ1) is 6.01. The normalized spacial score (nSPS) is 35.2. The van der Waals surface area contributed by atoms with Crippen LogP contribution in [0, 0.1) is 0 Å². The summed E-state index contributed by atoms with van der Waals surface area (Å²) in [7, 11) is 0. The van der Waals surface area contributed by atoms with Crippen molar-refractivity contribution < 1.29 is 9.47 Å². The Labute approximate surface area is 48.8 Å². The van der Waals surface area contributed by atoms with E-state index in [4.69, 9.17) is 15.2 Å². The second-order valence-electron chi connectivity index (χ2n) is 1.84. The zero-order valence-electron chi connectivity index (χ0n) is 5.02. The van der Waals surface area contributed by atoms with Crippen LogP contribution in [0.25, 0.3) is 0 Å². The highest BCUT2D eigenvalue weighted by Crippen LogP contribution is 2.26. The van der Waals surface area contributed by atoms with E-state index in [1.54, 1.807) is 0 Å². The molecule has 0 aromatic heterocycles. The van der Waals surface area contributed by atoms with Crippen LogP contribution in [0.5, 0.6) is 0 Å². The first-order valence-corrected chi connectivity index (χ1v) is 2.81. The Hall–Kier alpha value is -0.120. The van der Waals surface area contributed by atoms with Crippen LogP contribution >= 0.6 is 0 Å². The fraction of sp³-hybridized carbons (Fsp3) is 1.00. The molecule has 1 unspecified atom stereocenters. The van der Waals surface area contributed by atoms with E-state index in [-0.39, 0.29) is 5.79 Å². The molecule has 0 saturated carbocycles. The van der Waals surface area contributed by atoms with Gasteiger partial charge < -0.3 is 15.2 Å². The molecule has 1 heterocycles. The van der Waals surface area contributed by atoms with Gasteiger partial charge in [0.15, 0.2) is 0 Å². The molecule has 0 amide bonds. The lowest BCUT2D eigenvalue weighted by atomic mass is 10.4. The molecule has 0 radical (unpaired) electrons. The van der Waals surface area contributed by atoms with Crippen LogP contribution in [-0.4, -0.2) is 25.5 Å². The molecule has 0 bridgehead atoms. The predicted octanol–water partition coefficient (Wildman–Crippen LogP) is -0.292. The summed E-state index contributed by atoms with van der Waals surface area (Å²) in [4.78, 5) is 0. The highest BCUT2D eigenvalue weighted by molar-refractivity contribution is 4.82. The summed E-state index contributed by atoms with van der Waals surface area (Å²) >= 11 is 0. The van der Waals surface area contributed by atoms with Gasteiger partial charge in [0.2, 0.25) is 5.79 Å². The number of epoxide rings is 1. The maximum absolute atomic E-state index is 5.30. The molecule has 1 saturated heterocycles. The Morgan fingerprint density at radius 3 is 2.62 bits per heavy atom. The summed E-state index contributed by atoms with van der Waals surface area (Å²) in [5.74, 6) is -0.380. The third kappa shape index (κ3) is 0.992. The Morgan fingerprint density at radius 1 is 1.88 bits per heavy atom. The van der Waals surface area contributed by atoms with Crippen LogP contribution in [0.15, 0.2) is 0 Å². The van der Waals surface area contributed by atoms with Crippen molar-refractivity contribution in [3.8, 4) is 0 Å². The lowest BCUT2D eigenvalue weighted by molar-refractivity contribution is -0.0298. The van der Waals surface area contributed by atoms with Gasteiger partial charge in [-0.05, 0) is 6.92 Å². The minimum Gasteiger partial charge on any atom is -0.347 e. The summed E-state index contributed by atoms with van der Waals surface area (Å²) in [6.07, 6.45) is 0. The maximum atomic E-state index is 5.30. The third-order valence-electron chi connectivity index (χ3n) is 1.18. The van der Waals surface area contributed by atoms with Gasteiger partial charge in [-0.2, -0.15) is 0 Å². The minimum absolute atomic E-state index is 0.380. The quantitative estimate of drug-likeness (QED) is 0.517. The van der Waals surface area contributed by atoms with Gasteiger partial charge in [-0.3, -0.25) is 0 Å². The molecule has 1 rings (SSSR count). The molecule has 3 nitrogen and oxygen atoms in total. The summed E-state index contributed by atoms with van der Waals surface area (Å²) in [6.45, 7) is 3.74. The van der Waals surface area contributed by atoms with Gasteiger partial charge in [0, 0.05) is 13.2 Å². The minimum atomic E-state index is -0.380. The van der Waals surface area contributed by atoms with E-state index in [0.29, 0.717) is 19.8 Å². The summed E-state index contributed by atoms with van der Waals surface area (Å²) in [6, 6.07) is 0. The zero-order valence-corrected chi connectivity index (χ0v) is 5.02. The number of nitrogens with two attached hydrogens (primary N) is 1. The Bertz CT molecular complexity index is 80.5. The third-order valence-corrected chi connectivity index (χ3v) is 1.18. The van der Waals surface area contributed by atoms with Crippen molar-refractivity contribution >= 4 is 0 Å². The topological polar surface area (TPSA) is 47.8 Å². The first-order valence-electron chi connectivity index (χ1n) is 2.81. The Balaban J connectivity index is 2.20. The molecular formula is C5H11NO2. The molecule has 0 aromatic carbocycles. The second-order valence-corrected chi connectivity index (χ2v) is 1.84. The molecule has 2 N–H and O–H groups in total. The molecule has 48 valence electrons. The van der Waals surface area contributed by atoms with Crippen LogP contribution in [-0.2, 0) is 9.47 Å². The summed E-state index contributed by atoms with van der Waals surface area (Å²) in [5, 5.41) is 0. The summed E-state index contributed by atoms with van der Waals surface area (Å²) < 4.78 is 10.1. The van der Waals surface area contributed by atoms with Crippen molar-refractivity contribution in [1.29, 1.82) is 0 Å². The van der Waals surface area contributed by atoms with Gasteiger partial charge >= 0.3 is 0 Å². The Morgan fingerprint density at radius 2 is 2.50 bits per heavy atom. The fourth-order valence-corrected chi connectivity index (χ4v) is 0.604. The largest absolute Gasteiger partial charge is 0.347 e. The van der Waals surface area contributed by atoms with Crippen molar-refractivity contribution in [2.75, 3.05) is 19.8 Å². The molecule has 3 heteroatoms. The molecule has 1 fully saturated rings. The predicted molar refractivity (Wildman–Crippen MR) is 29.4 cm³/mol. The maximum Gasteiger partial charge on any atom is 0.204 e. The van der Waals surface area contributed by atoms with Gasteiger partial charge in [0.25, 0.3) is 0 Å². The smallest absolute Gasteiger partial charge is 0.204 e. The van der Waals surface area contributed by atoms with Crippen LogP contribution in [0.1, 0.15) is 6.92 Å². The van der Waals surface area contributed by atoms with E-state index in [2.05, 4.69) is 0 Å². The highest BCUT2D eigenvalue weighted by Gasteiger charge is 2.44.